The van der Waals surface area contributed by atoms with Gasteiger partial charge in [-0.2, -0.15) is 5.26 Å². The molecule has 33 heavy (non-hydrogen) atoms. The molecule has 0 aliphatic carbocycles. The molecule has 176 valence electrons. The number of ether oxygens (including phenoxy) is 2. The summed E-state index contributed by atoms with van der Waals surface area (Å²) >= 11 is 6.56. The van der Waals surface area contributed by atoms with Crippen LogP contribution in [0.5, 0.6) is 5.75 Å². The van der Waals surface area contributed by atoms with Gasteiger partial charge in [-0.25, -0.2) is 17.9 Å². The monoisotopic (exact) mass is 600 g/mol. The largest absolute Gasteiger partial charge is 0.497 e. The normalized spacial score (nSPS) is 18.0. The number of rotatable bonds is 7. The zero-order valence-corrected chi connectivity index (χ0v) is 21.9. The highest BCUT2D eigenvalue weighted by atomic mass is 79.9. The van der Waals surface area contributed by atoms with Crippen molar-refractivity contribution in [2.45, 2.75) is 30.1 Å². The average Bonchev–Trinajstić information content (AvgIpc) is 3.20. The van der Waals surface area contributed by atoms with Crippen molar-refractivity contribution >= 4 is 48.0 Å². The van der Waals surface area contributed by atoms with Crippen LogP contribution in [0.25, 0.3) is 0 Å². The minimum atomic E-state index is -3.89. The van der Waals surface area contributed by atoms with Gasteiger partial charge in [0.25, 0.3) is 0 Å². The van der Waals surface area contributed by atoms with Crippen LogP contribution in [-0.4, -0.2) is 57.3 Å². The van der Waals surface area contributed by atoms with E-state index in [2.05, 4.69) is 42.8 Å². The number of hydrogen-bond donors (Lipinski definition) is 1. The summed E-state index contributed by atoms with van der Waals surface area (Å²) in [6.45, 7) is 0.265. The van der Waals surface area contributed by atoms with Gasteiger partial charge < -0.3 is 9.47 Å². The number of nitrogens with one attached hydrogen (secondary N) is 1. The van der Waals surface area contributed by atoms with Crippen LogP contribution in [0.2, 0.25) is 0 Å². The lowest BCUT2D eigenvalue weighted by atomic mass is 10.2. The molecule has 0 bridgehead atoms. The summed E-state index contributed by atoms with van der Waals surface area (Å²) in [7, 11) is -1.08. The Morgan fingerprint density at radius 1 is 1.27 bits per heavy atom. The van der Waals surface area contributed by atoms with Crippen molar-refractivity contribution in [3.63, 3.8) is 0 Å². The summed E-state index contributed by atoms with van der Waals surface area (Å²) in [6, 6.07) is 11.4. The van der Waals surface area contributed by atoms with E-state index >= 15 is 0 Å². The van der Waals surface area contributed by atoms with Crippen molar-refractivity contribution in [2.24, 2.45) is 0 Å². The van der Waals surface area contributed by atoms with Crippen molar-refractivity contribution in [3.05, 3.63) is 57.0 Å². The number of carbonyl (C=O) groups is 1. The fourth-order valence-electron chi connectivity index (χ4n) is 3.65. The van der Waals surface area contributed by atoms with Gasteiger partial charge >= 0.3 is 6.09 Å². The lowest BCUT2D eigenvalue weighted by Crippen LogP contribution is -2.45. The van der Waals surface area contributed by atoms with Gasteiger partial charge in [0.15, 0.2) is 6.19 Å². The van der Waals surface area contributed by atoms with Crippen molar-refractivity contribution in [2.75, 3.05) is 20.8 Å². The van der Waals surface area contributed by atoms with E-state index in [0.29, 0.717) is 14.7 Å². The third kappa shape index (κ3) is 5.97. The van der Waals surface area contributed by atoms with E-state index in [1.165, 1.54) is 23.0 Å². The maximum atomic E-state index is 13.0. The van der Waals surface area contributed by atoms with Crippen LogP contribution in [-0.2, 0) is 21.3 Å². The molecule has 0 unspecified atom stereocenters. The number of likely N-dealkylation sites (tertiary alicyclic amines) is 1. The molecular formula is C21H22Br2N4O5S. The molecule has 1 amide bonds. The molecule has 12 heteroatoms. The molecular weight excluding hydrogens is 580 g/mol. The van der Waals surface area contributed by atoms with E-state index in [1.54, 1.807) is 37.4 Å². The molecule has 0 saturated carbocycles. The second-order valence-electron chi connectivity index (χ2n) is 7.31. The Kier molecular flexibility index (Phi) is 8.23. The van der Waals surface area contributed by atoms with Crippen LogP contribution in [0.4, 0.5) is 4.79 Å². The van der Waals surface area contributed by atoms with Crippen molar-refractivity contribution in [1.82, 2.24) is 14.5 Å². The number of nitriles is 1. The van der Waals surface area contributed by atoms with E-state index in [0.717, 1.165) is 5.56 Å². The van der Waals surface area contributed by atoms with Gasteiger partial charge in [-0.05, 0) is 51.8 Å². The van der Waals surface area contributed by atoms with Gasteiger partial charge in [0.05, 0.1) is 25.7 Å². The quantitative estimate of drug-likeness (QED) is 0.482. The Hall–Kier alpha value is -2.33. The highest BCUT2D eigenvalue weighted by Crippen LogP contribution is 2.29. The Morgan fingerprint density at radius 2 is 2.03 bits per heavy atom. The molecule has 1 aliphatic heterocycles. The SMILES string of the molecule is COC(=O)N(Cc1cccc(OC)c1)[C@H]1C[C@@H](NS(=O)(=O)c2cc(Br)ccc2Br)CN1C#N. The summed E-state index contributed by atoms with van der Waals surface area (Å²) in [4.78, 5) is 15.5. The zero-order valence-electron chi connectivity index (χ0n) is 17.9. The molecule has 0 spiro atoms. The Labute approximate surface area is 209 Å². The standard InChI is InChI=1S/C21H22Br2N4O5S/c1-31-17-5-3-4-14(8-17)11-27(21(28)32-2)20-10-16(12-26(20)13-24)25-33(29,30)19-9-15(22)6-7-18(19)23/h3-9,16,20,25H,10-12H2,1-2H3/t16-,20+/m1/s1. The first-order valence-electron chi connectivity index (χ1n) is 9.79. The molecule has 2 aromatic carbocycles. The lowest BCUT2D eigenvalue weighted by molar-refractivity contribution is 0.0708. The molecule has 2 aromatic rings. The smallest absolute Gasteiger partial charge is 0.411 e. The van der Waals surface area contributed by atoms with Crippen LogP contribution < -0.4 is 9.46 Å². The lowest BCUT2D eigenvalue weighted by Gasteiger charge is -2.31. The van der Waals surface area contributed by atoms with E-state index < -0.39 is 28.3 Å². The maximum Gasteiger partial charge on any atom is 0.411 e. The molecule has 9 nitrogen and oxygen atoms in total. The second-order valence-corrected chi connectivity index (χ2v) is 10.8. The number of carbonyl (C=O) groups excluding carboxylic acids is 1. The second kappa shape index (κ2) is 10.7. The van der Waals surface area contributed by atoms with Crippen LogP contribution in [0.1, 0.15) is 12.0 Å². The molecule has 1 fully saturated rings. The molecule has 1 saturated heterocycles. The summed E-state index contributed by atoms with van der Waals surface area (Å²) in [6.07, 6.45) is 0.960. The first-order valence-corrected chi connectivity index (χ1v) is 12.9. The molecule has 1 aliphatic rings. The first kappa shape index (κ1) is 25.3. The number of amides is 1. The number of hydrogen-bond acceptors (Lipinski definition) is 7. The van der Waals surface area contributed by atoms with Crippen LogP contribution in [0, 0.1) is 11.5 Å². The van der Waals surface area contributed by atoms with Crippen molar-refractivity contribution in [3.8, 4) is 11.9 Å². The molecule has 2 atom stereocenters. The average molecular weight is 602 g/mol. The van der Waals surface area contributed by atoms with E-state index in [9.17, 15) is 18.5 Å². The number of benzene rings is 2. The van der Waals surface area contributed by atoms with Crippen LogP contribution in [0.15, 0.2) is 56.3 Å². The van der Waals surface area contributed by atoms with Gasteiger partial charge in [-0.15, -0.1) is 0 Å². The topological polar surface area (TPSA) is 112 Å². The fraction of sp³-hybridized carbons (Fsp3) is 0.333. The Morgan fingerprint density at radius 3 is 2.70 bits per heavy atom. The fourth-order valence-corrected chi connectivity index (χ4v) is 6.39. The van der Waals surface area contributed by atoms with Crippen molar-refractivity contribution in [1.29, 1.82) is 5.26 Å². The van der Waals surface area contributed by atoms with E-state index in [4.69, 9.17) is 9.47 Å². The predicted molar refractivity (Wildman–Crippen MR) is 128 cm³/mol. The minimum Gasteiger partial charge on any atom is -0.497 e. The zero-order chi connectivity index (χ0) is 24.2. The number of nitrogens with zero attached hydrogens (tertiary/aromatic N) is 3. The molecule has 0 aromatic heterocycles. The Balaban J connectivity index is 1.83. The van der Waals surface area contributed by atoms with Gasteiger partial charge in [-0.3, -0.25) is 9.80 Å². The summed E-state index contributed by atoms with van der Waals surface area (Å²) in [5.41, 5.74) is 0.778. The van der Waals surface area contributed by atoms with E-state index in [-0.39, 0.29) is 24.4 Å². The first-order chi connectivity index (χ1) is 15.7. The van der Waals surface area contributed by atoms with Gasteiger partial charge in [0.1, 0.15) is 11.9 Å². The number of methoxy groups -OCH3 is 2. The Bertz CT molecular complexity index is 1170. The molecule has 1 N–H and O–H groups in total. The van der Waals surface area contributed by atoms with Gasteiger partial charge in [0, 0.05) is 28.0 Å². The predicted octanol–water partition coefficient (Wildman–Crippen LogP) is 3.65. The molecule has 0 radical (unpaired) electrons. The third-order valence-corrected chi connectivity index (χ3v) is 8.17. The molecule has 3 rings (SSSR count). The number of halogens is 2. The summed E-state index contributed by atoms with van der Waals surface area (Å²) in [5, 5.41) is 9.69. The van der Waals surface area contributed by atoms with Crippen LogP contribution >= 0.6 is 31.9 Å². The van der Waals surface area contributed by atoms with E-state index in [1.807, 2.05) is 6.07 Å². The summed E-state index contributed by atoms with van der Waals surface area (Å²) in [5.74, 6) is 0.631. The molecule has 1 heterocycles. The highest BCUT2D eigenvalue weighted by Gasteiger charge is 2.40. The highest BCUT2D eigenvalue weighted by molar-refractivity contribution is 9.11. The number of sulfonamides is 1. The van der Waals surface area contributed by atoms with Crippen LogP contribution in [0.3, 0.4) is 0 Å². The maximum absolute atomic E-state index is 13.0. The third-order valence-electron chi connectivity index (χ3n) is 5.16. The van der Waals surface area contributed by atoms with Gasteiger partial charge in [0.2, 0.25) is 10.0 Å². The van der Waals surface area contributed by atoms with Gasteiger partial charge in [-0.1, -0.05) is 28.1 Å². The summed E-state index contributed by atoms with van der Waals surface area (Å²) < 4.78 is 39.9. The minimum absolute atomic E-state index is 0.0741. The van der Waals surface area contributed by atoms with Crippen molar-refractivity contribution < 1.29 is 22.7 Å².